The Hall–Kier alpha value is -3.09. The first-order chi connectivity index (χ1) is 15.5. The summed E-state index contributed by atoms with van der Waals surface area (Å²) in [5.41, 5.74) is 1.46. The number of allylic oxidation sites excluding steroid dienone is 1. The summed E-state index contributed by atoms with van der Waals surface area (Å²) in [5, 5.41) is 15.3. The van der Waals surface area contributed by atoms with Gasteiger partial charge in [0, 0.05) is 22.1 Å². The molecule has 2 heterocycles. The molecule has 0 saturated carbocycles. The van der Waals surface area contributed by atoms with E-state index in [4.69, 9.17) is 9.47 Å². The summed E-state index contributed by atoms with van der Waals surface area (Å²) in [6.07, 6.45) is 0. The molecule has 1 aromatic heterocycles. The number of hydrogen-bond donors (Lipinski definition) is 1. The molecule has 7 nitrogen and oxygen atoms in total. The second-order valence-electron chi connectivity index (χ2n) is 6.80. The number of nitriles is 1. The highest BCUT2D eigenvalue weighted by Crippen LogP contribution is 2.43. The number of para-hydroxylation sites is 2. The molecule has 166 valence electrons. The Morgan fingerprint density at radius 3 is 2.72 bits per heavy atom. The number of nitrogens with zero attached hydrogens (tertiary/aromatic N) is 2. The van der Waals surface area contributed by atoms with Gasteiger partial charge < -0.3 is 14.8 Å². The van der Waals surface area contributed by atoms with Gasteiger partial charge in [0.2, 0.25) is 0 Å². The zero-order chi connectivity index (χ0) is 23.1. The van der Waals surface area contributed by atoms with E-state index in [2.05, 4.69) is 16.4 Å². The summed E-state index contributed by atoms with van der Waals surface area (Å²) < 4.78 is 10.3. The molecular formula is C23H23N3O4S2. The number of carbonyl (C=O) groups is 2. The molecule has 1 unspecified atom stereocenters. The largest absolute Gasteiger partial charge is 0.495 e. The van der Waals surface area contributed by atoms with Crippen LogP contribution in [-0.2, 0) is 14.3 Å². The molecule has 9 heteroatoms. The molecule has 0 aliphatic carbocycles. The molecule has 2 atom stereocenters. The summed E-state index contributed by atoms with van der Waals surface area (Å²) in [4.78, 5) is 30.7. The maximum atomic E-state index is 13.4. The molecule has 32 heavy (non-hydrogen) atoms. The molecule has 3 rings (SSSR count). The van der Waals surface area contributed by atoms with Crippen LogP contribution in [0, 0.1) is 17.2 Å². The van der Waals surface area contributed by atoms with Crippen molar-refractivity contribution in [2.24, 2.45) is 10.9 Å². The van der Waals surface area contributed by atoms with Gasteiger partial charge in [0.1, 0.15) is 11.7 Å². The lowest BCUT2D eigenvalue weighted by molar-refractivity contribution is -0.139. The summed E-state index contributed by atoms with van der Waals surface area (Å²) in [6.45, 7) is 3.78. The van der Waals surface area contributed by atoms with Gasteiger partial charge in [-0.15, -0.1) is 11.3 Å². The Morgan fingerprint density at radius 1 is 1.28 bits per heavy atom. The molecule has 1 aliphatic rings. The average Bonchev–Trinajstić information content (AvgIpc) is 3.32. The smallest absolute Gasteiger partial charge is 0.316 e. The van der Waals surface area contributed by atoms with Crippen molar-refractivity contribution >= 4 is 45.7 Å². The predicted molar refractivity (Wildman–Crippen MR) is 127 cm³/mol. The first kappa shape index (κ1) is 23.6. The Labute approximate surface area is 195 Å². The van der Waals surface area contributed by atoms with E-state index in [0.717, 1.165) is 4.88 Å². The molecule has 0 saturated heterocycles. The van der Waals surface area contributed by atoms with Crippen molar-refractivity contribution in [3.05, 3.63) is 57.9 Å². The summed E-state index contributed by atoms with van der Waals surface area (Å²) >= 11 is 2.65. The third-order valence-electron chi connectivity index (χ3n) is 4.81. The average molecular weight is 470 g/mol. The van der Waals surface area contributed by atoms with Crippen LogP contribution in [0.3, 0.4) is 0 Å². The lowest BCUT2D eigenvalue weighted by Gasteiger charge is -2.29. The van der Waals surface area contributed by atoms with E-state index < -0.39 is 11.8 Å². The van der Waals surface area contributed by atoms with E-state index in [0.29, 0.717) is 27.8 Å². The van der Waals surface area contributed by atoms with Gasteiger partial charge in [-0.3, -0.25) is 9.59 Å². The van der Waals surface area contributed by atoms with Crippen molar-refractivity contribution < 1.29 is 19.1 Å². The van der Waals surface area contributed by atoms with Crippen molar-refractivity contribution in [2.75, 3.05) is 24.8 Å². The standard InChI is InChI=1S/C23H23N3O4S2/c1-4-30-19(27)13-32-23-15(12-24)21(18-10-7-11-31-18)20(14(2)25-23)22(28)26-16-8-5-6-9-17(16)29-3/h5-11,15,21H,4,13H2,1-3H3,(H,26,28)/t15?,21-/m1/s1. The first-order valence-corrected chi connectivity index (χ1v) is 11.8. The zero-order valence-electron chi connectivity index (χ0n) is 18.0. The maximum absolute atomic E-state index is 13.4. The van der Waals surface area contributed by atoms with Crippen LogP contribution in [0.2, 0.25) is 0 Å². The van der Waals surface area contributed by atoms with Crippen LogP contribution in [0.25, 0.3) is 0 Å². The van der Waals surface area contributed by atoms with Crippen molar-refractivity contribution in [1.29, 1.82) is 5.26 Å². The molecule has 1 amide bonds. The van der Waals surface area contributed by atoms with Gasteiger partial charge in [0.25, 0.3) is 5.91 Å². The van der Waals surface area contributed by atoms with Gasteiger partial charge in [0.05, 0.1) is 36.3 Å². The van der Waals surface area contributed by atoms with Gasteiger partial charge in [-0.25, -0.2) is 4.99 Å². The minimum Gasteiger partial charge on any atom is -0.495 e. The minimum atomic E-state index is -0.699. The number of benzene rings is 1. The number of ether oxygens (including phenoxy) is 2. The van der Waals surface area contributed by atoms with E-state index in [1.54, 1.807) is 32.0 Å². The highest BCUT2D eigenvalue weighted by atomic mass is 32.2. The Morgan fingerprint density at radius 2 is 2.06 bits per heavy atom. The van der Waals surface area contributed by atoms with Gasteiger partial charge >= 0.3 is 5.97 Å². The fourth-order valence-corrected chi connectivity index (χ4v) is 5.23. The van der Waals surface area contributed by atoms with Crippen LogP contribution in [0.15, 0.2) is 58.0 Å². The lowest BCUT2D eigenvalue weighted by Crippen LogP contribution is -2.31. The second kappa shape index (κ2) is 11.0. The monoisotopic (exact) mass is 469 g/mol. The number of thiophene rings is 1. The fourth-order valence-electron chi connectivity index (χ4n) is 3.43. The number of carbonyl (C=O) groups excluding carboxylic acids is 2. The van der Waals surface area contributed by atoms with E-state index >= 15 is 0 Å². The third-order valence-corrected chi connectivity index (χ3v) is 6.79. The molecule has 1 aromatic carbocycles. The number of rotatable bonds is 7. The normalized spacial score (nSPS) is 17.9. The van der Waals surface area contributed by atoms with E-state index in [1.165, 1.54) is 30.2 Å². The molecule has 1 N–H and O–H groups in total. The molecule has 0 bridgehead atoms. The van der Waals surface area contributed by atoms with Crippen LogP contribution >= 0.6 is 23.1 Å². The molecule has 0 radical (unpaired) electrons. The topological polar surface area (TPSA) is 101 Å². The van der Waals surface area contributed by atoms with Crippen molar-refractivity contribution in [3.63, 3.8) is 0 Å². The molecule has 2 aromatic rings. The number of anilines is 1. The first-order valence-electron chi connectivity index (χ1n) is 9.95. The number of thioether (sulfide) groups is 1. The van der Waals surface area contributed by atoms with Crippen molar-refractivity contribution in [3.8, 4) is 11.8 Å². The fraction of sp³-hybridized carbons (Fsp3) is 0.304. The minimum absolute atomic E-state index is 0.0536. The second-order valence-corrected chi connectivity index (χ2v) is 8.77. The van der Waals surface area contributed by atoms with Crippen LogP contribution in [0.5, 0.6) is 5.75 Å². The molecule has 0 spiro atoms. The van der Waals surface area contributed by atoms with Gasteiger partial charge in [0.15, 0.2) is 0 Å². The maximum Gasteiger partial charge on any atom is 0.316 e. The SMILES string of the molecule is CCOC(=O)CSC1=NC(C)=C(C(=O)Nc2ccccc2OC)[C@@H](c2cccs2)C1C#N. The number of methoxy groups -OCH3 is 1. The molecular weight excluding hydrogens is 446 g/mol. The third kappa shape index (κ3) is 5.21. The van der Waals surface area contributed by atoms with E-state index in [1.807, 2.05) is 23.6 Å². The van der Waals surface area contributed by atoms with Gasteiger partial charge in [-0.1, -0.05) is 30.0 Å². The number of amides is 1. The van der Waals surface area contributed by atoms with Crippen LogP contribution < -0.4 is 10.1 Å². The lowest BCUT2D eigenvalue weighted by atomic mass is 9.82. The van der Waals surface area contributed by atoms with Crippen LogP contribution in [0.4, 0.5) is 5.69 Å². The molecule has 0 fully saturated rings. The van der Waals surface area contributed by atoms with Crippen LogP contribution in [0.1, 0.15) is 24.6 Å². The Balaban J connectivity index is 1.98. The quantitative estimate of drug-likeness (QED) is 0.595. The number of nitrogens with one attached hydrogen (secondary N) is 1. The van der Waals surface area contributed by atoms with Gasteiger partial charge in [-0.2, -0.15) is 5.26 Å². The van der Waals surface area contributed by atoms with Crippen molar-refractivity contribution in [1.82, 2.24) is 0 Å². The summed E-state index contributed by atoms with van der Waals surface area (Å²) in [5.74, 6) is -1.33. The summed E-state index contributed by atoms with van der Waals surface area (Å²) in [7, 11) is 1.54. The predicted octanol–water partition coefficient (Wildman–Crippen LogP) is 4.60. The van der Waals surface area contributed by atoms with Crippen molar-refractivity contribution in [2.45, 2.75) is 19.8 Å². The number of esters is 1. The highest BCUT2D eigenvalue weighted by Gasteiger charge is 2.39. The Kier molecular flexibility index (Phi) is 8.09. The zero-order valence-corrected chi connectivity index (χ0v) is 19.6. The number of aliphatic imine (C=N–C) groups is 1. The highest BCUT2D eigenvalue weighted by molar-refractivity contribution is 8.14. The number of hydrogen-bond acceptors (Lipinski definition) is 8. The van der Waals surface area contributed by atoms with Gasteiger partial charge in [-0.05, 0) is 37.4 Å². The Bertz CT molecular complexity index is 1090. The van der Waals surface area contributed by atoms with Crippen LogP contribution in [-0.4, -0.2) is 36.4 Å². The molecule has 1 aliphatic heterocycles. The van der Waals surface area contributed by atoms with E-state index in [-0.39, 0.29) is 24.2 Å². The van der Waals surface area contributed by atoms with E-state index in [9.17, 15) is 14.9 Å². The summed E-state index contributed by atoms with van der Waals surface area (Å²) in [6, 6.07) is 13.2.